The predicted molar refractivity (Wildman–Crippen MR) is 213 cm³/mol. The van der Waals surface area contributed by atoms with Crippen molar-refractivity contribution in [2.75, 3.05) is 39.6 Å². The molecule has 1 aliphatic carbocycles. The summed E-state index contributed by atoms with van der Waals surface area (Å²) in [5, 5.41) is 44.9. The highest BCUT2D eigenvalue weighted by Gasteiger charge is 2.50. The molecule has 0 spiro atoms. The molecule has 0 bridgehead atoms. The van der Waals surface area contributed by atoms with Crippen molar-refractivity contribution in [1.29, 1.82) is 0 Å². The minimum Gasteiger partial charge on any atom is -0.445 e. The summed E-state index contributed by atoms with van der Waals surface area (Å²) >= 11 is 0. The molecule has 1 heterocycles. The summed E-state index contributed by atoms with van der Waals surface area (Å²) in [6.07, 6.45) is -5.32. The summed E-state index contributed by atoms with van der Waals surface area (Å²) in [6, 6.07) is 19.2. The highest BCUT2D eigenvalue weighted by Crippen LogP contribution is 2.36. The van der Waals surface area contributed by atoms with Gasteiger partial charge in [-0.25, -0.2) is 4.79 Å². The molecule has 3 aromatic carbocycles. The third-order valence-corrected chi connectivity index (χ3v) is 10.8. The predicted octanol–water partition coefficient (Wildman–Crippen LogP) is 5.08. The summed E-state index contributed by atoms with van der Waals surface area (Å²) in [7, 11) is 4.76. The molecule has 1 saturated heterocycles. The van der Waals surface area contributed by atoms with Gasteiger partial charge in [-0.15, -0.1) is 0 Å². The zero-order chi connectivity index (χ0) is 42.6. The fraction of sp³-hybridized carbons (Fsp3) is 0.487. The number of azide groups is 1. The van der Waals surface area contributed by atoms with Gasteiger partial charge < -0.3 is 39.6 Å². The van der Waals surface area contributed by atoms with Crippen molar-refractivity contribution in [3.05, 3.63) is 121 Å². The number of hydrogen-bond donors (Lipinski definition) is 3. The number of carbonyl (C=O) groups is 2. The average Bonchev–Trinajstić information content (AvgIpc) is 3.24. The minimum atomic E-state index is -1.54. The Balaban J connectivity index is 1.37. The molecule has 3 aromatic rings. The number of rotatable bonds is 17. The van der Waals surface area contributed by atoms with E-state index in [-0.39, 0.29) is 24.8 Å². The zero-order valence-corrected chi connectivity index (χ0v) is 33.1. The number of anilines is 1. The molecule has 2 amide bonds. The number of nitrogens with zero attached hydrogens (tertiary/aromatic N) is 7. The molecule has 59 heavy (non-hydrogen) atoms. The quantitative estimate of drug-likeness (QED) is 0.0529. The lowest BCUT2D eigenvalue weighted by Gasteiger charge is -2.48. The number of carbonyl (C=O) groups excluding carboxylic acids is 2. The maximum atomic E-state index is 13.5. The lowest BCUT2D eigenvalue weighted by atomic mass is 9.82. The van der Waals surface area contributed by atoms with Crippen molar-refractivity contribution >= 4 is 29.1 Å². The largest absolute Gasteiger partial charge is 0.445 e. The molecule has 316 valence electrons. The Bertz CT molecular complexity index is 1960. The maximum Gasteiger partial charge on any atom is 0.407 e. The Hall–Kier alpha value is -5.89. The van der Waals surface area contributed by atoms with E-state index in [1.807, 2.05) is 43.4 Å². The number of nitro groups is 2. The van der Waals surface area contributed by atoms with E-state index >= 15 is 0 Å². The molecular formula is C39H49N9O11. The second kappa shape index (κ2) is 20.7. The summed E-state index contributed by atoms with van der Waals surface area (Å²) in [5.41, 5.74) is 10.4. The summed E-state index contributed by atoms with van der Waals surface area (Å²) < 4.78 is 24.0. The lowest BCUT2D eigenvalue weighted by Crippen LogP contribution is -2.65. The van der Waals surface area contributed by atoms with Gasteiger partial charge in [-0.1, -0.05) is 65.8 Å². The molecule has 1 saturated carbocycles. The van der Waals surface area contributed by atoms with Crippen LogP contribution in [-0.2, 0) is 30.3 Å². The Morgan fingerprint density at radius 1 is 1.05 bits per heavy atom. The van der Waals surface area contributed by atoms with Crippen LogP contribution in [0.15, 0.2) is 84.0 Å². The minimum absolute atomic E-state index is 0.00677. The van der Waals surface area contributed by atoms with Crippen molar-refractivity contribution < 1.29 is 43.5 Å². The van der Waals surface area contributed by atoms with Gasteiger partial charge in [-0.2, -0.15) is 0 Å². The molecular weight excluding hydrogens is 770 g/mol. The number of likely N-dealkylation sites (N-methyl/N-ethyl adjacent to an activating group) is 2. The first-order chi connectivity index (χ1) is 28.3. The maximum absolute atomic E-state index is 13.5. The molecule has 2 fully saturated rings. The molecule has 20 nitrogen and oxygen atoms in total. The van der Waals surface area contributed by atoms with Gasteiger partial charge in [0, 0.05) is 37.7 Å². The van der Waals surface area contributed by atoms with Gasteiger partial charge >= 0.3 is 6.09 Å². The van der Waals surface area contributed by atoms with Crippen LogP contribution in [0.3, 0.4) is 0 Å². The normalized spacial score (nSPS) is 24.6. The lowest BCUT2D eigenvalue weighted by molar-refractivity contribution is -0.393. The van der Waals surface area contributed by atoms with E-state index in [9.17, 15) is 40.5 Å². The summed E-state index contributed by atoms with van der Waals surface area (Å²) in [4.78, 5) is 54.2. The number of aliphatic hydroxyl groups is 1. The molecule has 2 aliphatic rings. The van der Waals surface area contributed by atoms with Gasteiger partial charge in [0.1, 0.15) is 24.9 Å². The second-order valence-electron chi connectivity index (χ2n) is 14.5. The van der Waals surface area contributed by atoms with Crippen LogP contribution in [0, 0.1) is 20.2 Å². The Labute approximate surface area is 340 Å². The third kappa shape index (κ3) is 11.4. The number of alkyl carbamates (subject to hydrolysis) is 1. The number of ether oxygens (including phenoxy) is 4. The van der Waals surface area contributed by atoms with Crippen molar-refractivity contribution in [3.8, 4) is 0 Å². The van der Waals surface area contributed by atoms with Crippen LogP contribution in [0.1, 0.15) is 43.4 Å². The number of nitro benzene ring substituents is 2. The second-order valence-corrected chi connectivity index (χ2v) is 14.5. The van der Waals surface area contributed by atoms with Gasteiger partial charge in [-0.3, -0.25) is 29.9 Å². The van der Waals surface area contributed by atoms with Crippen LogP contribution in [-0.4, -0.2) is 120 Å². The molecule has 0 radical (unpaired) electrons. The average molecular weight is 820 g/mol. The number of non-ortho nitro benzene ring substituents is 1. The monoisotopic (exact) mass is 819 g/mol. The topological polar surface area (TPSA) is 257 Å². The Morgan fingerprint density at radius 2 is 1.75 bits per heavy atom. The van der Waals surface area contributed by atoms with E-state index < -0.39 is 88.6 Å². The number of nitrogens with one attached hydrogen (secondary N) is 2. The molecule has 20 heteroatoms. The molecule has 9 atom stereocenters. The van der Waals surface area contributed by atoms with E-state index in [4.69, 9.17) is 18.9 Å². The van der Waals surface area contributed by atoms with E-state index in [0.29, 0.717) is 19.4 Å². The molecule has 3 N–H and O–H groups in total. The first kappa shape index (κ1) is 44.2. The van der Waals surface area contributed by atoms with Crippen molar-refractivity contribution in [2.24, 2.45) is 5.11 Å². The van der Waals surface area contributed by atoms with E-state index in [2.05, 4.69) is 32.5 Å². The first-order valence-electron chi connectivity index (χ1n) is 19.0. The van der Waals surface area contributed by atoms with Crippen LogP contribution < -0.4 is 10.6 Å². The highest BCUT2D eigenvalue weighted by molar-refractivity contribution is 5.82. The summed E-state index contributed by atoms with van der Waals surface area (Å²) in [5.74, 6) is -0.594. The van der Waals surface area contributed by atoms with Gasteiger partial charge in [0.05, 0.1) is 52.4 Å². The molecule has 0 aromatic heterocycles. The third-order valence-electron chi connectivity index (χ3n) is 10.8. The molecule has 5 rings (SSSR count). The van der Waals surface area contributed by atoms with E-state index in [1.165, 1.54) is 25.1 Å². The van der Waals surface area contributed by atoms with Crippen molar-refractivity contribution in [2.45, 2.75) is 87.7 Å². The fourth-order valence-electron chi connectivity index (χ4n) is 7.41. The molecule has 1 aliphatic heterocycles. The van der Waals surface area contributed by atoms with Crippen LogP contribution in [0.25, 0.3) is 10.4 Å². The summed E-state index contributed by atoms with van der Waals surface area (Å²) in [6.45, 7) is 2.01. The number of amides is 2. The van der Waals surface area contributed by atoms with E-state index in [1.54, 1.807) is 24.3 Å². The number of benzene rings is 3. The standard InChI is InChI=1S/C39H49N9O11/c1-24(26-13-9-6-10-14-26)45(2)22-28-16-18-30(42-29-17-15-27(47(52)53)19-32(29)48(54)55)38(58-28)59-37-31(43-44-40)20-33(56-4)35(36(37)50)46(3)34(49)21-41-39(51)57-23-25-11-7-5-8-12-25/h5-15,17,19,24,28,30-31,33,35-38,42,50H,16,18,20-23H2,1-4H3,(H,41,51)/t24-,28+,30-,31+,33+,35-,36-,37-,38-/m0/s1. The smallest absolute Gasteiger partial charge is 0.407 e. The van der Waals surface area contributed by atoms with Crippen LogP contribution in [0.4, 0.5) is 21.9 Å². The molecule has 0 unspecified atom stereocenters. The Kier molecular flexibility index (Phi) is 15.5. The van der Waals surface area contributed by atoms with Crippen LogP contribution in [0.5, 0.6) is 0 Å². The number of methoxy groups -OCH3 is 1. The zero-order valence-electron chi connectivity index (χ0n) is 33.1. The number of hydrogen-bond acceptors (Lipinski definition) is 14. The first-order valence-corrected chi connectivity index (χ1v) is 19.0. The van der Waals surface area contributed by atoms with Crippen LogP contribution in [0.2, 0.25) is 0 Å². The van der Waals surface area contributed by atoms with E-state index in [0.717, 1.165) is 23.3 Å². The number of aliphatic hydroxyl groups excluding tert-OH is 1. The van der Waals surface area contributed by atoms with Crippen molar-refractivity contribution in [1.82, 2.24) is 15.1 Å². The van der Waals surface area contributed by atoms with Gasteiger partial charge in [-0.05, 0) is 56.0 Å². The van der Waals surface area contributed by atoms with Gasteiger partial charge in [0.25, 0.3) is 11.4 Å². The fourth-order valence-corrected chi connectivity index (χ4v) is 7.41. The Morgan fingerprint density at radius 3 is 2.39 bits per heavy atom. The van der Waals surface area contributed by atoms with Gasteiger partial charge in [0.15, 0.2) is 6.29 Å². The van der Waals surface area contributed by atoms with Crippen LogP contribution >= 0.6 is 0 Å². The van der Waals surface area contributed by atoms with Gasteiger partial charge in [0.2, 0.25) is 5.91 Å². The highest BCUT2D eigenvalue weighted by atomic mass is 16.7. The SMILES string of the molecule is CO[C@@H]1C[C@@H](N=[N+]=[N-])[C@H](O[C@@H]2O[C@@H](CN(C)[C@@H](C)c3ccccc3)CC[C@@H]2Nc2ccc([N+](=O)[O-])cc2[N+](=O)[O-])[C@@H](O)[C@H]1N(C)C(=O)CNC(=O)OCc1ccccc1. The van der Waals surface area contributed by atoms with Crippen molar-refractivity contribution in [3.63, 3.8) is 0 Å².